The van der Waals surface area contributed by atoms with Crippen LogP contribution >= 0.6 is 23.1 Å². The van der Waals surface area contributed by atoms with Crippen LogP contribution in [0.4, 0.5) is 5.13 Å². The van der Waals surface area contributed by atoms with Gasteiger partial charge in [-0.1, -0.05) is 42.2 Å². The van der Waals surface area contributed by atoms with E-state index in [1.165, 1.54) is 11.3 Å². The molecule has 0 atom stereocenters. The third-order valence-corrected chi connectivity index (χ3v) is 5.17. The Bertz CT molecular complexity index is 643. The lowest BCUT2D eigenvalue weighted by Gasteiger charge is -2.10. The zero-order chi connectivity index (χ0) is 15.9. The van der Waals surface area contributed by atoms with E-state index < -0.39 is 0 Å². The molecule has 1 heterocycles. The predicted molar refractivity (Wildman–Crippen MR) is 91.0 cm³/mol. The first-order chi connectivity index (χ1) is 10.6. The molecular weight excluding hydrogens is 318 g/mol. The van der Waals surface area contributed by atoms with Gasteiger partial charge in [0.15, 0.2) is 10.9 Å². The van der Waals surface area contributed by atoms with Gasteiger partial charge >= 0.3 is 0 Å². The number of nitrogens with zero attached hydrogens (tertiary/aromatic N) is 2. The van der Waals surface area contributed by atoms with Crippen LogP contribution in [0.3, 0.4) is 0 Å². The number of aryl methyl sites for hydroxylation is 1. The Morgan fingerprint density at radius 3 is 2.95 bits per heavy atom. The maximum Gasteiger partial charge on any atom is 0.264 e. The monoisotopic (exact) mass is 337 g/mol. The number of carbonyl (C=O) groups is 1. The molecule has 1 aromatic carbocycles. The van der Waals surface area contributed by atoms with Gasteiger partial charge in [-0.15, -0.1) is 10.2 Å². The zero-order valence-electron chi connectivity index (χ0n) is 12.9. The van der Waals surface area contributed by atoms with Gasteiger partial charge in [0.1, 0.15) is 5.75 Å². The minimum Gasteiger partial charge on any atom is -0.483 e. The Morgan fingerprint density at radius 1 is 1.36 bits per heavy atom. The molecule has 1 N–H and O–H groups in total. The summed E-state index contributed by atoms with van der Waals surface area (Å²) in [6.45, 7) is 6.06. The Labute approximate surface area is 138 Å². The van der Waals surface area contributed by atoms with Gasteiger partial charge in [-0.25, -0.2) is 0 Å². The van der Waals surface area contributed by atoms with Crippen molar-refractivity contribution in [2.24, 2.45) is 0 Å². The fourth-order valence-electron chi connectivity index (χ4n) is 1.69. The smallest absolute Gasteiger partial charge is 0.264 e. The number of rotatable bonds is 7. The van der Waals surface area contributed by atoms with Gasteiger partial charge in [-0.3, -0.25) is 10.1 Å². The highest BCUT2D eigenvalue weighted by Gasteiger charge is 2.10. The van der Waals surface area contributed by atoms with Gasteiger partial charge in [0.25, 0.3) is 5.91 Å². The number of aromatic nitrogens is 2. The topological polar surface area (TPSA) is 64.1 Å². The first-order valence-corrected chi connectivity index (χ1v) is 8.85. The van der Waals surface area contributed by atoms with E-state index in [1.807, 2.05) is 32.0 Å². The third-order valence-electron chi connectivity index (χ3n) is 3.00. The summed E-state index contributed by atoms with van der Waals surface area (Å²) >= 11 is 3.03. The fourth-order valence-corrected chi connectivity index (χ4v) is 3.38. The van der Waals surface area contributed by atoms with Crippen molar-refractivity contribution >= 4 is 34.1 Å². The van der Waals surface area contributed by atoms with E-state index in [2.05, 4.69) is 22.4 Å². The SMILES string of the molecule is CCCSc1nnc(NC(=O)COc2cccc(C)c2C)s1. The third kappa shape index (κ3) is 4.71. The molecule has 2 rings (SSSR count). The average molecular weight is 337 g/mol. The summed E-state index contributed by atoms with van der Waals surface area (Å²) in [5.41, 5.74) is 2.18. The summed E-state index contributed by atoms with van der Waals surface area (Å²) in [7, 11) is 0. The van der Waals surface area contributed by atoms with Crippen LogP contribution in [0.25, 0.3) is 0 Å². The molecular formula is C15H19N3O2S2. The van der Waals surface area contributed by atoms with Gasteiger partial charge in [0.05, 0.1) is 0 Å². The number of nitrogens with one attached hydrogen (secondary N) is 1. The Balaban J connectivity index is 1.85. The number of thioether (sulfide) groups is 1. The van der Waals surface area contributed by atoms with Crippen LogP contribution < -0.4 is 10.1 Å². The van der Waals surface area contributed by atoms with Crippen molar-refractivity contribution in [1.29, 1.82) is 0 Å². The zero-order valence-corrected chi connectivity index (χ0v) is 14.5. The summed E-state index contributed by atoms with van der Waals surface area (Å²) in [5, 5.41) is 11.2. The van der Waals surface area contributed by atoms with E-state index in [-0.39, 0.29) is 12.5 Å². The molecule has 0 unspecified atom stereocenters. The molecule has 2 aromatic rings. The normalized spacial score (nSPS) is 10.5. The molecule has 0 bridgehead atoms. The van der Waals surface area contributed by atoms with Crippen LogP contribution in [0.2, 0.25) is 0 Å². The molecule has 0 fully saturated rings. The molecule has 0 aliphatic rings. The van der Waals surface area contributed by atoms with Gasteiger partial charge in [0.2, 0.25) is 5.13 Å². The van der Waals surface area contributed by atoms with Crippen LogP contribution in [0.5, 0.6) is 5.75 Å². The van der Waals surface area contributed by atoms with Gasteiger partial charge in [0, 0.05) is 5.75 Å². The maximum atomic E-state index is 11.9. The van der Waals surface area contributed by atoms with E-state index in [1.54, 1.807) is 11.8 Å². The van der Waals surface area contributed by atoms with Crippen LogP contribution in [-0.2, 0) is 4.79 Å². The van der Waals surface area contributed by atoms with Crippen molar-refractivity contribution in [3.05, 3.63) is 29.3 Å². The molecule has 0 radical (unpaired) electrons. The van der Waals surface area contributed by atoms with Crippen molar-refractivity contribution < 1.29 is 9.53 Å². The van der Waals surface area contributed by atoms with Gasteiger partial charge in [-0.2, -0.15) is 0 Å². The standard InChI is InChI=1S/C15H19N3O2S2/c1-4-8-21-15-18-17-14(22-15)16-13(19)9-20-12-7-5-6-10(2)11(12)3/h5-7H,4,8-9H2,1-3H3,(H,16,17,19). The largest absolute Gasteiger partial charge is 0.483 e. The summed E-state index contributed by atoms with van der Waals surface area (Å²) in [5.74, 6) is 1.49. The number of hydrogen-bond donors (Lipinski definition) is 1. The van der Waals surface area contributed by atoms with E-state index >= 15 is 0 Å². The number of anilines is 1. The van der Waals surface area contributed by atoms with Gasteiger partial charge < -0.3 is 4.74 Å². The highest BCUT2D eigenvalue weighted by molar-refractivity contribution is 8.01. The number of ether oxygens (including phenoxy) is 1. The molecule has 0 saturated heterocycles. The number of hydrogen-bond acceptors (Lipinski definition) is 6. The molecule has 22 heavy (non-hydrogen) atoms. The van der Waals surface area contributed by atoms with E-state index in [0.717, 1.165) is 33.4 Å². The lowest BCUT2D eigenvalue weighted by molar-refractivity contribution is -0.118. The van der Waals surface area contributed by atoms with Crippen LogP contribution in [0, 0.1) is 13.8 Å². The second-order valence-corrected chi connectivity index (χ2v) is 7.08. The molecule has 0 spiro atoms. The number of carbonyl (C=O) groups excluding carboxylic acids is 1. The molecule has 0 aliphatic carbocycles. The van der Waals surface area contributed by atoms with Crippen molar-refractivity contribution in [1.82, 2.24) is 10.2 Å². The molecule has 1 amide bonds. The lowest BCUT2D eigenvalue weighted by Crippen LogP contribution is -2.20. The molecule has 7 heteroatoms. The van der Waals surface area contributed by atoms with Crippen molar-refractivity contribution in [3.8, 4) is 5.75 Å². The van der Waals surface area contributed by atoms with Crippen LogP contribution in [0.15, 0.2) is 22.5 Å². The second-order valence-electron chi connectivity index (χ2n) is 4.76. The summed E-state index contributed by atoms with van der Waals surface area (Å²) in [6.07, 6.45) is 1.08. The first-order valence-electron chi connectivity index (χ1n) is 7.05. The quantitative estimate of drug-likeness (QED) is 0.617. The molecule has 0 aliphatic heterocycles. The first kappa shape index (κ1) is 16.8. The van der Waals surface area contributed by atoms with Crippen LogP contribution in [-0.4, -0.2) is 28.5 Å². The molecule has 0 saturated carbocycles. The Hall–Kier alpha value is -1.60. The van der Waals surface area contributed by atoms with E-state index in [0.29, 0.717) is 5.13 Å². The maximum absolute atomic E-state index is 11.9. The predicted octanol–water partition coefficient (Wildman–Crippen LogP) is 3.67. The Kier molecular flexibility index (Phi) is 6.21. The molecule has 5 nitrogen and oxygen atoms in total. The second kappa shape index (κ2) is 8.14. The lowest BCUT2D eigenvalue weighted by atomic mass is 10.1. The van der Waals surface area contributed by atoms with Crippen molar-refractivity contribution in [2.75, 3.05) is 17.7 Å². The minimum absolute atomic E-state index is 0.0404. The van der Waals surface area contributed by atoms with Crippen LogP contribution in [0.1, 0.15) is 24.5 Å². The molecule has 1 aromatic heterocycles. The summed E-state index contributed by atoms with van der Waals surface area (Å²) in [4.78, 5) is 11.9. The summed E-state index contributed by atoms with van der Waals surface area (Å²) in [6, 6.07) is 5.79. The van der Waals surface area contributed by atoms with E-state index in [9.17, 15) is 4.79 Å². The highest BCUT2D eigenvalue weighted by atomic mass is 32.2. The number of benzene rings is 1. The van der Waals surface area contributed by atoms with E-state index in [4.69, 9.17) is 4.74 Å². The number of amides is 1. The summed E-state index contributed by atoms with van der Waals surface area (Å²) < 4.78 is 6.43. The van der Waals surface area contributed by atoms with Crippen molar-refractivity contribution in [3.63, 3.8) is 0 Å². The minimum atomic E-state index is -0.232. The fraction of sp³-hybridized carbons (Fsp3) is 0.400. The highest BCUT2D eigenvalue weighted by Crippen LogP contribution is 2.26. The Morgan fingerprint density at radius 2 is 2.18 bits per heavy atom. The van der Waals surface area contributed by atoms with Crippen molar-refractivity contribution in [2.45, 2.75) is 31.5 Å². The average Bonchev–Trinajstić information content (AvgIpc) is 2.94. The van der Waals surface area contributed by atoms with Gasteiger partial charge in [-0.05, 0) is 37.5 Å². The molecule has 118 valence electrons.